The van der Waals surface area contributed by atoms with Crippen LogP contribution in [0, 0.1) is 0 Å². The van der Waals surface area contributed by atoms with Crippen molar-refractivity contribution in [1.82, 2.24) is 4.98 Å². The Morgan fingerprint density at radius 1 is 0.727 bits per heavy atom. The molecule has 0 radical (unpaired) electrons. The van der Waals surface area contributed by atoms with E-state index >= 15 is 0 Å². The predicted molar refractivity (Wildman–Crippen MR) is 130 cm³/mol. The van der Waals surface area contributed by atoms with Gasteiger partial charge >= 0.3 is 0 Å². The molecule has 6 nitrogen and oxygen atoms in total. The SMILES string of the molecule is CN(C)c1ccc(/N=N/c2ccc3nc4ccc(N)cc4[n+](-c4ccccc4)c3c2)cc1.[Cl-]. The lowest BCUT2D eigenvalue weighted by Gasteiger charge is -2.11. The fourth-order valence-electron chi connectivity index (χ4n) is 3.71. The number of azo groups is 1. The lowest BCUT2D eigenvalue weighted by Crippen LogP contribution is -3.00. The Kier molecular flexibility index (Phi) is 6.20. The van der Waals surface area contributed by atoms with E-state index in [-0.39, 0.29) is 12.4 Å². The maximum absolute atomic E-state index is 6.11. The monoisotopic (exact) mass is 454 g/mol. The molecule has 5 aromatic rings. The van der Waals surface area contributed by atoms with Crippen LogP contribution in [-0.4, -0.2) is 19.1 Å². The molecule has 7 heteroatoms. The van der Waals surface area contributed by atoms with Crippen molar-refractivity contribution in [3.05, 3.63) is 91.0 Å². The van der Waals surface area contributed by atoms with Gasteiger partial charge in [-0.05, 0) is 48.5 Å². The van der Waals surface area contributed by atoms with Crippen molar-refractivity contribution in [1.29, 1.82) is 0 Å². The molecule has 2 N–H and O–H groups in total. The Hall–Kier alpha value is -4.03. The highest BCUT2D eigenvalue weighted by atomic mass is 35.5. The van der Waals surface area contributed by atoms with E-state index in [9.17, 15) is 0 Å². The van der Waals surface area contributed by atoms with Crippen LogP contribution >= 0.6 is 0 Å². The van der Waals surface area contributed by atoms with Crippen LogP contribution in [0.15, 0.2) is 101 Å². The van der Waals surface area contributed by atoms with E-state index < -0.39 is 0 Å². The lowest BCUT2D eigenvalue weighted by molar-refractivity contribution is -0.538. The average Bonchev–Trinajstić information content (AvgIpc) is 2.82. The Morgan fingerprint density at radius 2 is 1.33 bits per heavy atom. The number of nitrogens with two attached hydrogens (primary N) is 1. The molecule has 0 aliphatic heterocycles. The summed E-state index contributed by atoms with van der Waals surface area (Å²) in [5, 5.41) is 8.90. The molecule has 0 saturated heterocycles. The number of aromatic nitrogens is 2. The van der Waals surface area contributed by atoms with Crippen LogP contribution in [-0.2, 0) is 0 Å². The summed E-state index contributed by atoms with van der Waals surface area (Å²) >= 11 is 0. The van der Waals surface area contributed by atoms with Crippen LogP contribution < -0.4 is 27.6 Å². The lowest BCUT2D eigenvalue weighted by atomic mass is 10.2. The topological polar surface area (TPSA) is 70.8 Å². The number of anilines is 2. The highest BCUT2D eigenvalue weighted by molar-refractivity contribution is 5.85. The van der Waals surface area contributed by atoms with Crippen molar-refractivity contribution in [2.24, 2.45) is 10.2 Å². The third-order valence-corrected chi connectivity index (χ3v) is 5.34. The molecule has 0 aliphatic rings. The van der Waals surface area contributed by atoms with Crippen molar-refractivity contribution >= 4 is 44.8 Å². The average molecular weight is 455 g/mol. The molecule has 0 aliphatic carbocycles. The molecule has 0 fully saturated rings. The van der Waals surface area contributed by atoms with Gasteiger partial charge in [0.2, 0.25) is 16.7 Å². The molecule has 0 unspecified atom stereocenters. The second-order valence-corrected chi connectivity index (χ2v) is 7.81. The summed E-state index contributed by atoms with van der Waals surface area (Å²) in [4.78, 5) is 6.89. The summed E-state index contributed by atoms with van der Waals surface area (Å²) in [5.41, 5.74) is 14.1. The van der Waals surface area contributed by atoms with Gasteiger partial charge in [-0.1, -0.05) is 18.2 Å². The van der Waals surface area contributed by atoms with Crippen LogP contribution in [0.25, 0.3) is 27.8 Å². The van der Waals surface area contributed by atoms with E-state index in [4.69, 9.17) is 10.7 Å². The number of hydrogen-bond acceptors (Lipinski definition) is 5. The van der Waals surface area contributed by atoms with Crippen molar-refractivity contribution in [3.63, 3.8) is 0 Å². The Morgan fingerprint density at radius 3 is 2.03 bits per heavy atom. The molecule has 33 heavy (non-hydrogen) atoms. The summed E-state index contributed by atoms with van der Waals surface area (Å²) in [6.07, 6.45) is 0. The number of para-hydroxylation sites is 1. The molecule has 0 amide bonds. The van der Waals surface area contributed by atoms with Gasteiger partial charge in [-0.15, -0.1) is 4.57 Å². The molecule has 0 bridgehead atoms. The number of nitrogens with zero attached hydrogens (tertiary/aromatic N) is 5. The number of fused-ring (bicyclic) bond motifs is 2. The van der Waals surface area contributed by atoms with Crippen molar-refractivity contribution < 1.29 is 17.0 Å². The minimum atomic E-state index is 0. The van der Waals surface area contributed by atoms with Gasteiger partial charge in [0.25, 0.3) is 0 Å². The molecule has 4 aromatic carbocycles. The Labute approximate surface area is 198 Å². The highest BCUT2D eigenvalue weighted by Crippen LogP contribution is 2.25. The van der Waals surface area contributed by atoms with E-state index in [0.717, 1.165) is 44.8 Å². The third kappa shape index (κ3) is 4.47. The first-order valence-electron chi connectivity index (χ1n) is 10.4. The van der Waals surface area contributed by atoms with E-state index in [0.29, 0.717) is 5.69 Å². The Balaban J connectivity index is 0.00000259. The summed E-state index contributed by atoms with van der Waals surface area (Å²) < 4.78 is 2.17. The third-order valence-electron chi connectivity index (χ3n) is 5.34. The first-order valence-corrected chi connectivity index (χ1v) is 10.4. The van der Waals surface area contributed by atoms with E-state index in [2.05, 4.69) is 31.8 Å². The molecule has 1 aromatic heterocycles. The molecule has 164 valence electrons. The van der Waals surface area contributed by atoms with E-state index in [1.54, 1.807) is 0 Å². The van der Waals surface area contributed by atoms with Gasteiger partial charge in [-0.25, -0.2) is 4.98 Å². The number of halogens is 1. The minimum absolute atomic E-state index is 0. The second-order valence-electron chi connectivity index (χ2n) is 7.81. The number of hydrogen-bond donors (Lipinski definition) is 1. The second kappa shape index (κ2) is 9.22. The minimum Gasteiger partial charge on any atom is -1.00 e. The first-order chi connectivity index (χ1) is 15.6. The quantitative estimate of drug-likeness (QED) is 0.196. The normalized spacial score (nSPS) is 11.1. The maximum atomic E-state index is 6.11. The number of nitrogen functional groups attached to an aromatic ring is 1. The molecule has 5 rings (SSSR count). The van der Waals surface area contributed by atoms with Crippen LogP contribution in [0.3, 0.4) is 0 Å². The molecule has 1 heterocycles. The summed E-state index contributed by atoms with van der Waals surface area (Å²) in [6, 6.07) is 29.9. The summed E-state index contributed by atoms with van der Waals surface area (Å²) in [7, 11) is 4.03. The predicted octanol–water partition coefficient (Wildman–Crippen LogP) is 2.73. The van der Waals surface area contributed by atoms with E-state index in [1.165, 1.54) is 0 Å². The number of benzene rings is 4. The first kappa shape index (κ1) is 22.2. The molecule has 0 saturated carbocycles. The van der Waals surface area contributed by atoms with Crippen LogP contribution in [0.2, 0.25) is 0 Å². The molecular formula is C26H23ClN6. The zero-order valence-electron chi connectivity index (χ0n) is 18.4. The molecule has 0 atom stereocenters. The van der Waals surface area contributed by atoms with Crippen molar-refractivity contribution in [2.75, 3.05) is 24.7 Å². The van der Waals surface area contributed by atoms with Gasteiger partial charge in [0.1, 0.15) is 11.0 Å². The zero-order valence-corrected chi connectivity index (χ0v) is 19.1. The fourth-order valence-corrected chi connectivity index (χ4v) is 3.71. The maximum Gasteiger partial charge on any atom is 0.239 e. The summed E-state index contributed by atoms with van der Waals surface area (Å²) in [5.74, 6) is 0. The molecular weight excluding hydrogens is 432 g/mol. The zero-order chi connectivity index (χ0) is 22.1. The Bertz CT molecular complexity index is 1450. The van der Waals surface area contributed by atoms with Crippen LogP contribution in [0.4, 0.5) is 22.7 Å². The largest absolute Gasteiger partial charge is 1.00 e. The van der Waals surface area contributed by atoms with Crippen LogP contribution in [0.1, 0.15) is 0 Å². The fraction of sp³-hybridized carbons (Fsp3) is 0.0769. The van der Waals surface area contributed by atoms with Gasteiger partial charge in [0, 0.05) is 49.7 Å². The van der Waals surface area contributed by atoms with Gasteiger partial charge in [0.15, 0.2) is 0 Å². The van der Waals surface area contributed by atoms with Gasteiger partial charge < -0.3 is 23.0 Å². The van der Waals surface area contributed by atoms with Gasteiger partial charge in [-0.2, -0.15) is 10.2 Å². The smallest absolute Gasteiger partial charge is 0.239 e. The highest BCUT2D eigenvalue weighted by Gasteiger charge is 2.20. The van der Waals surface area contributed by atoms with Gasteiger partial charge in [0.05, 0.1) is 11.4 Å². The molecule has 0 spiro atoms. The van der Waals surface area contributed by atoms with Crippen molar-refractivity contribution in [3.8, 4) is 5.69 Å². The summed E-state index contributed by atoms with van der Waals surface area (Å²) in [6.45, 7) is 0. The number of rotatable bonds is 4. The van der Waals surface area contributed by atoms with Crippen molar-refractivity contribution in [2.45, 2.75) is 0 Å². The van der Waals surface area contributed by atoms with Crippen LogP contribution in [0.5, 0.6) is 0 Å². The van der Waals surface area contributed by atoms with E-state index in [1.807, 2.05) is 93.0 Å². The van der Waals surface area contributed by atoms with Gasteiger partial charge in [-0.3, -0.25) is 0 Å². The standard InChI is InChI=1S/C26H22N6.ClH/c1-31(2)21-12-9-19(10-13-21)29-30-20-11-15-24-26(17-20)32(22-6-4-3-5-7-22)25-16-18(27)8-14-23(25)28-24;/h3-17,27H,1-2H3;1H/b30-29+;.